The summed E-state index contributed by atoms with van der Waals surface area (Å²) in [7, 11) is 0. The zero-order valence-corrected chi connectivity index (χ0v) is 24.9. The number of fused-ring (bicyclic) bond motifs is 6. The molecular weight excluding hydrogens is 460 g/mol. The molecule has 0 aromatic carbocycles. The van der Waals surface area contributed by atoms with Gasteiger partial charge in [-0.15, -0.1) is 0 Å². The maximum absolute atomic E-state index is 13.5. The van der Waals surface area contributed by atoms with Gasteiger partial charge in [0.05, 0.1) is 17.6 Å². The highest BCUT2D eigenvalue weighted by Gasteiger charge is 2.73. The Kier molecular flexibility index (Phi) is 4.67. The van der Waals surface area contributed by atoms with Gasteiger partial charge in [-0.1, -0.05) is 47.1 Å². The topological polar surface area (TPSA) is 44.8 Å². The molecule has 2 aliphatic heterocycles. The van der Waals surface area contributed by atoms with Gasteiger partial charge in [-0.25, -0.2) is 0 Å². The van der Waals surface area contributed by atoms with Crippen LogP contribution in [0.5, 0.6) is 0 Å². The molecule has 37 heavy (non-hydrogen) atoms. The molecule has 10 atom stereocenters. The number of carbonyl (C=O) groups excluding carboxylic acids is 1. The van der Waals surface area contributed by atoms with Crippen molar-refractivity contribution in [3.8, 4) is 0 Å². The van der Waals surface area contributed by atoms with Crippen LogP contribution in [0.4, 0.5) is 0 Å². The van der Waals surface area contributed by atoms with Gasteiger partial charge in [0.15, 0.2) is 5.79 Å². The number of rotatable bonds is 0. The highest BCUT2D eigenvalue weighted by Crippen LogP contribution is 2.77. The summed E-state index contributed by atoms with van der Waals surface area (Å²) in [6, 6.07) is 0. The van der Waals surface area contributed by atoms with Crippen molar-refractivity contribution in [3.05, 3.63) is 11.1 Å². The molecule has 10 unspecified atom stereocenters. The van der Waals surface area contributed by atoms with Crippen molar-refractivity contribution in [2.24, 2.45) is 44.8 Å². The van der Waals surface area contributed by atoms with Crippen molar-refractivity contribution in [1.29, 1.82) is 0 Å². The minimum Gasteiger partial charge on any atom is -0.454 e. The minimum absolute atomic E-state index is 0.0907. The van der Waals surface area contributed by atoms with Crippen molar-refractivity contribution in [3.63, 3.8) is 0 Å². The van der Waals surface area contributed by atoms with E-state index in [1.54, 1.807) is 5.57 Å². The van der Waals surface area contributed by atoms with E-state index in [1.165, 1.54) is 24.8 Å². The van der Waals surface area contributed by atoms with Crippen LogP contribution in [0.25, 0.3) is 0 Å². The average Bonchev–Trinajstić information content (AvgIpc) is 3.19. The van der Waals surface area contributed by atoms with Crippen LogP contribution >= 0.6 is 0 Å². The highest BCUT2D eigenvalue weighted by atomic mass is 16.8. The summed E-state index contributed by atoms with van der Waals surface area (Å²) in [6.07, 6.45) is 10.5. The van der Waals surface area contributed by atoms with Crippen LogP contribution < -0.4 is 0 Å². The van der Waals surface area contributed by atoms with Crippen molar-refractivity contribution < 1.29 is 19.0 Å². The molecular formula is C33H50O4. The molecule has 6 fully saturated rings. The summed E-state index contributed by atoms with van der Waals surface area (Å²) in [5.74, 6) is 1.28. The number of esters is 1. The Morgan fingerprint density at radius 2 is 1.54 bits per heavy atom. The molecule has 2 bridgehead atoms. The molecule has 5 aliphatic carbocycles. The van der Waals surface area contributed by atoms with Crippen molar-refractivity contribution >= 4 is 5.97 Å². The molecule has 7 aliphatic rings. The van der Waals surface area contributed by atoms with Gasteiger partial charge in [0, 0.05) is 0 Å². The van der Waals surface area contributed by atoms with Crippen LogP contribution in [-0.4, -0.2) is 29.6 Å². The van der Waals surface area contributed by atoms with Gasteiger partial charge >= 0.3 is 5.97 Å². The van der Waals surface area contributed by atoms with E-state index in [0.29, 0.717) is 17.8 Å². The Morgan fingerprint density at radius 3 is 2.27 bits per heavy atom. The molecule has 0 aromatic rings. The van der Waals surface area contributed by atoms with Crippen molar-refractivity contribution in [2.75, 3.05) is 0 Å². The maximum atomic E-state index is 13.5. The predicted molar refractivity (Wildman–Crippen MR) is 144 cm³/mol. The van der Waals surface area contributed by atoms with Crippen LogP contribution in [0.1, 0.15) is 120 Å². The summed E-state index contributed by atoms with van der Waals surface area (Å²) >= 11 is 0. The number of carbonyl (C=O) groups is 1. The van der Waals surface area contributed by atoms with Gasteiger partial charge in [-0.2, -0.15) is 0 Å². The fourth-order valence-corrected chi connectivity index (χ4v) is 12.4. The normalized spacial score (nSPS) is 57.0. The van der Waals surface area contributed by atoms with E-state index in [0.717, 1.165) is 38.5 Å². The summed E-state index contributed by atoms with van der Waals surface area (Å²) in [5.41, 5.74) is 3.01. The molecule has 4 heteroatoms. The van der Waals surface area contributed by atoms with E-state index in [4.69, 9.17) is 14.2 Å². The second-order valence-electron chi connectivity index (χ2n) is 16.4. The lowest BCUT2D eigenvalue weighted by Crippen LogP contribution is -2.66. The van der Waals surface area contributed by atoms with Crippen LogP contribution in [-0.2, 0) is 19.0 Å². The van der Waals surface area contributed by atoms with Gasteiger partial charge in [0.2, 0.25) is 0 Å². The lowest BCUT2D eigenvalue weighted by molar-refractivity contribution is -0.213. The summed E-state index contributed by atoms with van der Waals surface area (Å²) in [6.45, 7) is 21.6. The molecule has 0 N–H and O–H groups in total. The Bertz CT molecular complexity index is 1100. The Morgan fingerprint density at radius 1 is 0.811 bits per heavy atom. The van der Waals surface area contributed by atoms with Crippen LogP contribution in [0.2, 0.25) is 0 Å². The Balaban J connectivity index is 1.34. The first-order chi connectivity index (χ1) is 17.1. The molecule has 0 spiro atoms. The van der Waals surface area contributed by atoms with Crippen LogP contribution in [0.3, 0.4) is 0 Å². The first-order valence-corrected chi connectivity index (χ1v) is 15.4. The number of allylic oxidation sites excluding steroid dienone is 1. The largest absolute Gasteiger partial charge is 0.454 e. The number of hydrogen-bond donors (Lipinski definition) is 0. The van der Waals surface area contributed by atoms with Gasteiger partial charge in [0.25, 0.3) is 0 Å². The summed E-state index contributed by atoms with van der Waals surface area (Å²) < 4.78 is 19.5. The lowest BCUT2D eigenvalue weighted by atomic mass is 9.34. The first-order valence-electron chi connectivity index (χ1n) is 15.4. The minimum atomic E-state index is -0.494. The van der Waals surface area contributed by atoms with E-state index in [-0.39, 0.29) is 45.3 Å². The molecule has 4 nitrogen and oxygen atoms in total. The van der Waals surface area contributed by atoms with E-state index < -0.39 is 11.4 Å². The van der Waals surface area contributed by atoms with E-state index in [2.05, 4.69) is 62.3 Å². The van der Waals surface area contributed by atoms with Gasteiger partial charge in [0.1, 0.15) is 5.60 Å². The van der Waals surface area contributed by atoms with E-state index >= 15 is 0 Å². The number of hydrogen-bond acceptors (Lipinski definition) is 4. The molecule has 2 heterocycles. The molecule has 0 aromatic heterocycles. The van der Waals surface area contributed by atoms with Gasteiger partial charge < -0.3 is 14.2 Å². The lowest BCUT2D eigenvalue weighted by Gasteiger charge is -2.71. The Hall–Kier alpha value is -0.870. The van der Waals surface area contributed by atoms with Gasteiger partial charge in [-0.3, -0.25) is 4.79 Å². The van der Waals surface area contributed by atoms with E-state index in [1.807, 2.05) is 0 Å². The SMILES string of the molecule is CC1CCC23CCC4(C)C(=C2C1(C)OC3=O)CCC1C2(C)CC3OC(C)(C)OC3C(C)(C)C2CCC14C. The third-order valence-corrected chi connectivity index (χ3v) is 14.3. The second-order valence-corrected chi connectivity index (χ2v) is 16.4. The quantitative estimate of drug-likeness (QED) is 0.249. The smallest absolute Gasteiger partial charge is 0.317 e. The third-order valence-electron chi connectivity index (χ3n) is 14.3. The molecule has 0 amide bonds. The summed E-state index contributed by atoms with van der Waals surface area (Å²) in [4.78, 5) is 13.5. The molecule has 7 rings (SSSR count). The van der Waals surface area contributed by atoms with Crippen LogP contribution in [0.15, 0.2) is 11.1 Å². The number of ether oxygens (including phenoxy) is 3. The van der Waals surface area contributed by atoms with E-state index in [9.17, 15) is 4.79 Å². The monoisotopic (exact) mass is 510 g/mol. The standard InChI is InChI=1S/C33H50O4/c1-19-12-15-33-17-16-30(7)20(24(33)32(19,9)37-26(33)34)10-11-23-29(6)18-21-25(36-28(4,5)35-21)27(2,3)22(29)13-14-31(23,30)8/h19,21-23,25H,10-18H2,1-9H3. The third kappa shape index (κ3) is 2.67. The van der Waals surface area contributed by atoms with Crippen LogP contribution in [0, 0.1) is 44.8 Å². The Labute approximate surface area is 224 Å². The molecule has 2 saturated heterocycles. The van der Waals surface area contributed by atoms with Crippen molar-refractivity contribution in [2.45, 2.75) is 144 Å². The highest BCUT2D eigenvalue weighted by molar-refractivity contribution is 5.87. The predicted octanol–water partition coefficient (Wildman–Crippen LogP) is 7.60. The fourth-order valence-electron chi connectivity index (χ4n) is 12.4. The van der Waals surface area contributed by atoms with Crippen molar-refractivity contribution in [1.82, 2.24) is 0 Å². The zero-order chi connectivity index (χ0) is 26.6. The summed E-state index contributed by atoms with van der Waals surface area (Å²) in [5, 5.41) is 0. The fraction of sp³-hybridized carbons (Fsp3) is 0.909. The molecule has 206 valence electrons. The zero-order valence-electron chi connectivity index (χ0n) is 24.9. The first kappa shape index (κ1) is 25.1. The molecule has 4 saturated carbocycles. The molecule has 0 radical (unpaired) electrons. The average molecular weight is 511 g/mol. The second kappa shape index (κ2) is 6.88. The van der Waals surface area contributed by atoms with Gasteiger partial charge in [-0.05, 0) is 124 Å². The maximum Gasteiger partial charge on any atom is 0.317 e.